The van der Waals surface area contributed by atoms with Crippen molar-refractivity contribution in [3.63, 3.8) is 0 Å². The van der Waals surface area contributed by atoms with E-state index in [-0.39, 0.29) is 11.7 Å². The Balaban J connectivity index is 2.32. The van der Waals surface area contributed by atoms with Crippen LogP contribution in [0.25, 0.3) is 0 Å². The van der Waals surface area contributed by atoms with Gasteiger partial charge < -0.3 is 14.8 Å². The molecule has 1 aromatic carbocycles. The average molecular weight is 255 g/mol. The largest absolute Gasteiger partial charge is 0.382 e. The predicted octanol–water partition coefficient (Wildman–Crippen LogP) is 1.53. The number of carbonyl (C=O) groups excluding carboxylic acids is 1. The highest BCUT2D eigenvalue weighted by molar-refractivity contribution is 5.95. The van der Waals surface area contributed by atoms with E-state index >= 15 is 0 Å². The molecule has 0 unspecified atom stereocenters. The molecule has 1 amide bonds. The summed E-state index contributed by atoms with van der Waals surface area (Å²) in [5.41, 5.74) is 1.10. The first-order valence-electron chi connectivity index (χ1n) is 5.76. The maximum atomic E-state index is 12.9. The number of methoxy groups -OCH3 is 1. The first kappa shape index (κ1) is 14.6. The third-order valence-corrected chi connectivity index (χ3v) is 2.40. The Bertz CT molecular complexity index is 396. The zero-order valence-electron chi connectivity index (χ0n) is 10.7. The highest BCUT2D eigenvalue weighted by Crippen LogP contribution is 2.09. The SMILES string of the molecule is COCCOCCNC(=O)c1ccc(F)cc1C. The van der Waals surface area contributed by atoms with Crippen LogP contribution in [0, 0.1) is 12.7 Å². The number of carbonyl (C=O) groups is 1. The summed E-state index contributed by atoms with van der Waals surface area (Å²) in [4.78, 5) is 11.8. The highest BCUT2D eigenvalue weighted by atomic mass is 19.1. The normalized spacial score (nSPS) is 10.4. The number of hydrogen-bond acceptors (Lipinski definition) is 3. The maximum Gasteiger partial charge on any atom is 0.251 e. The Morgan fingerprint density at radius 3 is 2.78 bits per heavy atom. The number of benzene rings is 1. The molecule has 0 saturated heterocycles. The minimum Gasteiger partial charge on any atom is -0.382 e. The first-order valence-corrected chi connectivity index (χ1v) is 5.76. The number of hydrogen-bond donors (Lipinski definition) is 1. The lowest BCUT2D eigenvalue weighted by Gasteiger charge is -2.08. The minimum atomic E-state index is -0.341. The average Bonchev–Trinajstić information content (AvgIpc) is 2.33. The lowest BCUT2D eigenvalue weighted by molar-refractivity contribution is 0.0692. The Hall–Kier alpha value is -1.46. The van der Waals surface area contributed by atoms with Gasteiger partial charge in [-0.15, -0.1) is 0 Å². The molecule has 0 aromatic heterocycles. The van der Waals surface area contributed by atoms with Gasteiger partial charge in [-0.25, -0.2) is 4.39 Å². The van der Waals surface area contributed by atoms with E-state index in [2.05, 4.69) is 5.32 Å². The summed E-state index contributed by atoms with van der Waals surface area (Å²) < 4.78 is 22.9. The molecule has 0 fully saturated rings. The Morgan fingerprint density at radius 1 is 1.33 bits per heavy atom. The van der Waals surface area contributed by atoms with Crippen LogP contribution < -0.4 is 5.32 Å². The van der Waals surface area contributed by atoms with Gasteiger partial charge in [0.15, 0.2) is 0 Å². The van der Waals surface area contributed by atoms with Crippen LogP contribution in [0.5, 0.6) is 0 Å². The fraction of sp³-hybridized carbons (Fsp3) is 0.462. The molecule has 1 N–H and O–H groups in total. The molecule has 0 saturated carbocycles. The molecule has 0 spiro atoms. The van der Waals surface area contributed by atoms with Gasteiger partial charge in [-0.1, -0.05) is 0 Å². The molecule has 0 bridgehead atoms. The van der Waals surface area contributed by atoms with Crippen LogP contribution in [0.2, 0.25) is 0 Å². The van der Waals surface area contributed by atoms with Crippen LogP contribution in [0.15, 0.2) is 18.2 Å². The number of halogens is 1. The van der Waals surface area contributed by atoms with Crippen LogP contribution in [0.3, 0.4) is 0 Å². The van der Waals surface area contributed by atoms with Crippen LogP contribution in [-0.4, -0.2) is 39.4 Å². The van der Waals surface area contributed by atoms with Crippen molar-refractivity contribution in [1.82, 2.24) is 5.32 Å². The summed E-state index contributed by atoms with van der Waals surface area (Å²) in [7, 11) is 1.60. The van der Waals surface area contributed by atoms with Crippen molar-refractivity contribution in [2.24, 2.45) is 0 Å². The lowest BCUT2D eigenvalue weighted by Crippen LogP contribution is -2.28. The van der Waals surface area contributed by atoms with Crippen LogP contribution in [-0.2, 0) is 9.47 Å². The zero-order chi connectivity index (χ0) is 13.4. The van der Waals surface area contributed by atoms with E-state index in [9.17, 15) is 9.18 Å². The lowest BCUT2D eigenvalue weighted by atomic mass is 10.1. The van der Waals surface area contributed by atoms with E-state index in [0.29, 0.717) is 37.5 Å². The highest BCUT2D eigenvalue weighted by Gasteiger charge is 2.08. The predicted molar refractivity (Wildman–Crippen MR) is 66.2 cm³/mol. The van der Waals surface area contributed by atoms with E-state index < -0.39 is 0 Å². The smallest absolute Gasteiger partial charge is 0.251 e. The van der Waals surface area contributed by atoms with Gasteiger partial charge in [-0.3, -0.25) is 4.79 Å². The van der Waals surface area contributed by atoms with Gasteiger partial charge in [0.2, 0.25) is 0 Å². The molecule has 18 heavy (non-hydrogen) atoms. The molecular formula is C13H18FNO3. The number of ether oxygens (including phenoxy) is 2. The maximum absolute atomic E-state index is 12.9. The van der Waals surface area contributed by atoms with Gasteiger partial charge in [0, 0.05) is 19.2 Å². The first-order chi connectivity index (χ1) is 8.65. The summed E-state index contributed by atoms with van der Waals surface area (Å²) in [5, 5.41) is 2.71. The van der Waals surface area contributed by atoms with Gasteiger partial charge in [0.1, 0.15) is 5.82 Å². The summed E-state index contributed by atoms with van der Waals surface area (Å²) in [6, 6.07) is 4.09. The van der Waals surface area contributed by atoms with Gasteiger partial charge in [-0.2, -0.15) is 0 Å². The summed E-state index contributed by atoms with van der Waals surface area (Å²) >= 11 is 0. The summed E-state index contributed by atoms with van der Waals surface area (Å²) in [6.07, 6.45) is 0. The van der Waals surface area contributed by atoms with Crippen LogP contribution in [0.1, 0.15) is 15.9 Å². The van der Waals surface area contributed by atoms with Crippen LogP contribution in [0.4, 0.5) is 4.39 Å². The standard InChI is InChI=1S/C13H18FNO3/c1-10-9-11(14)3-4-12(10)13(16)15-5-6-18-8-7-17-2/h3-4,9H,5-8H2,1-2H3,(H,15,16). The molecule has 0 heterocycles. The van der Waals surface area contributed by atoms with Gasteiger partial charge in [0.05, 0.1) is 19.8 Å². The molecule has 0 atom stereocenters. The number of rotatable bonds is 7. The second kappa shape index (κ2) is 7.79. The quantitative estimate of drug-likeness (QED) is 0.752. The molecule has 0 aliphatic heterocycles. The topological polar surface area (TPSA) is 47.6 Å². The molecule has 1 rings (SSSR count). The number of aryl methyl sites for hydroxylation is 1. The molecule has 5 heteroatoms. The van der Waals surface area contributed by atoms with Gasteiger partial charge in [0.25, 0.3) is 5.91 Å². The molecular weight excluding hydrogens is 237 g/mol. The molecule has 100 valence electrons. The van der Waals surface area contributed by atoms with Crippen molar-refractivity contribution in [2.75, 3.05) is 33.5 Å². The fourth-order valence-electron chi connectivity index (χ4n) is 1.46. The zero-order valence-corrected chi connectivity index (χ0v) is 10.7. The third-order valence-electron chi connectivity index (χ3n) is 2.40. The second-order valence-corrected chi connectivity index (χ2v) is 3.82. The summed E-state index contributed by atoms with van der Waals surface area (Å²) in [6.45, 7) is 3.58. The Morgan fingerprint density at radius 2 is 2.11 bits per heavy atom. The van der Waals surface area contributed by atoms with E-state index in [1.807, 2.05) is 0 Å². The number of nitrogens with one attached hydrogen (secondary N) is 1. The fourth-order valence-corrected chi connectivity index (χ4v) is 1.46. The molecule has 0 aliphatic carbocycles. The van der Waals surface area contributed by atoms with Crippen LogP contribution >= 0.6 is 0 Å². The van der Waals surface area contributed by atoms with Crippen molar-refractivity contribution < 1.29 is 18.7 Å². The van der Waals surface area contributed by atoms with E-state index in [1.54, 1.807) is 14.0 Å². The van der Waals surface area contributed by atoms with Gasteiger partial charge in [-0.05, 0) is 30.7 Å². The monoisotopic (exact) mass is 255 g/mol. The second-order valence-electron chi connectivity index (χ2n) is 3.82. The Labute approximate surface area is 106 Å². The van der Waals surface area contributed by atoms with E-state index in [1.165, 1.54) is 18.2 Å². The van der Waals surface area contributed by atoms with Crippen molar-refractivity contribution in [2.45, 2.75) is 6.92 Å². The Kier molecular flexibility index (Phi) is 6.32. The molecule has 0 aliphatic rings. The van der Waals surface area contributed by atoms with Gasteiger partial charge >= 0.3 is 0 Å². The van der Waals surface area contributed by atoms with E-state index in [0.717, 1.165) is 0 Å². The number of amides is 1. The minimum absolute atomic E-state index is 0.220. The van der Waals surface area contributed by atoms with Crippen molar-refractivity contribution in [3.05, 3.63) is 35.1 Å². The van der Waals surface area contributed by atoms with E-state index in [4.69, 9.17) is 9.47 Å². The third kappa shape index (κ3) is 4.81. The van der Waals surface area contributed by atoms with Crippen molar-refractivity contribution >= 4 is 5.91 Å². The molecule has 4 nitrogen and oxygen atoms in total. The van der Waals surface area contributed by atoms with Crippen molar-refractivity contribution in [3.8, 4) is 0 Å². The molecule has 1 aromatic rings. The van der Waals surface area contributed by atoms with Crippen molar-refractivity contribution in [1.29, 1.82) is 0 Å². The molecule has 0 radical (unpaired) electrons. The summed E-state index contributed by atoms with van der Waals surface area (Å²) in [5.74, 6) is -0.560.